The van der Waals surface area contributed by atoms with Crippen LogP contribution < -0.4 is 5.32 Å². The molecule has 1 N–H and O–H groups in total. The first-order valence-corrected chi connectivity index (χ1v) is 7.38. The third-order valence-corrected chi connectivity index (χ3v) is 4.00. The van der Waals surface area contributed by atoms with Crippen LogP contribution in [0.2, 0.25) is 5.15 Å². The van der Waals surface area contributed by atoms with E-state index in [1.807, 2.05) is 19.9 Å². The van der Waals surface area contributed by atoms with Gasteiger partial charge in [-0.05, 0) is 19.3 Å². The number of aromatic nitrogens is 3. The molecule has 0 bridgehead atoms. The molecular formula is C14H15ClF3N5. The number of halogens is 4. The van der Waals surface area contributed by atoms with Gasteiger partial charge in [0.2, 0.25) is 0 Å². The molecule has 0 aliphatic rings. The van der Waals surface area contributed by atoms with Gasteiger partial charge in [0.15, 0.2) is 5.65 Å². The fraction of sp³-hybridized carbons (Fsp3) is 0.500. The predicted octanol–water partition coefficient (Wildman–Crippen LogP) is 4.13. The second-order valence-corrected chi connectivity index (χ2v) is 5.65. The fourth-order valence-corrected chi connectivity index (χ4v) is 2.48. The minimum atomic E-state index is -4.43. The normalized spacial score (nSPS) is 14.5. The molecule has 0 amide bonds. The average molecular weight is 346 g/mol. The topological polar surface area (TPSA) is 66.0 Å². The number of hydrogen-bond donors (Lipinski definition) is 1. The molecule has 2 aromatic rings. The summed E-state index contributed by atoms with van der Waals surface area (Å²) < 4.78 is 40.0. The summed E-state index contributed by atoms with van der Waals surface area (Å²) in [5.41, 5.74) is 0.720. The average Bonchev–Trinajstić information content (AvgIpc) is 2.88. The van der Waals surface area contributed by atoms with E-state index in [0.29, 0.717) is 12.0 Å². The second-order valence-electron chi connectivity index (χ2n) is 5.29. The van der Waals surface area contributed by atoms with E-state index in [0.717, 1.165) is 6.92 Å². The Kier molecular flexibility index (Phi) is 4.71. The first kappa shape index (κ1) is 17.3. The zero-order chi connectivity index (χ0) is 17.4. The first-order chi connectivity index (χ1) is 10.7. The van der Waals surface area contributed by atoms with Crippen LogP contribution in [0.4, 0.5) is 19.0 Å². The number of fused-ring (bicyclic) bond motifs is 1. The Morgan fingerprint density at radius 1 is 1.43 bits per heavy atom. The smallest absolute Gasteiger partial charge is 0.358 e. The van der Waals surface area contributed by atoms with E-state index in [9.17, 15) is 13.2 Å². The lowest BCUT2D eigenvalue weighted by atomic mass is 10.0. The van der Waals surface area contributed by atoms with Crippen molar-refractivity contribution in [2.75, 3.05) is 5.32 Å². The number of alkyl halides is 3. The van der Waals surface area contributed by atoms with Gasteiger partial charge in [-0.15, -0.1) is 0 Å². The van der Waals surface area contributed by atoms with Gasteiger partial charge in [0.1, 0.15) is 28.6 Å². The summed E-state index contributed by atoms with van der Waals surface area (Å²) in [6.07, 6.45) is -2.52. The van der Waals surface area contributed by atoms with E-state index < -0.39 is 12.2 Å². The second kappa shape index (κ2) is 6.24. The van der Waals surface area contributed by atoms with E-state index >= 15 is 0 Å². The summed E-state index contributed by atoms with van der Waals surface area (Å²) >= 11 is 6.18. The van der Waals surface area contributed by atoms with Crippen molar-refractivity contribution in [1.82, 2.24) is 14.6 Å². The molecule has 0 radical (unpaired) electrons. The van der Waals surface area contributed by atoms with Gasteiger partial charge in [-0.25, -0.2) is 4.98 Å². The summed E-state index contributed by atoms with van der Waals surface area (Å²) in [4.78, 5) is 4.13. The van der Waals surface area contributed by atoms with Gasteiger partial charge >= 0.3 is 6.18 Å². The molecule has 0 saturated carbocycles. The minimum absolute atomic E-state index is 0.0701. The Morgan fingerprint density at radius 2 is 2.09 bits per heavy atom. The van der Waals surface area contributed by atoms with Crippen molar-refractivity contribution in [2.45, 2.75) is 45.3 Å². The molecule has 2 rings (SSSR count). The Labute approximate surface area is 136 Å². The Morgan fingerprint density at radius 3 is 2.61 bits per heavy atom. The predicted molar refractivity (Wildman–Crippen MR) is 80.6 cm³/mol. The SMILES string of the molecule is CCC(C)c1c(Cl)nc2c(C#N)cnn2c1NC(C)C(F)(F)F. The summed E-state index contributed by atoms with van der Waals surface area (Å²) in [6.45, 7) is 4.74. The van der Waals surface area contributed by atoms with Crippen LogP contribution in [0.5, 0.6) is 0 Å². The van der Waals surface area contributed by atoms with Crippen molar-refractivity contribution < 1.29 is 13.2 Å². The van der Waals surface area contributed by atoms with Crippen LogP contribution in [-0.2, 0) is 0 Å². The Balaban J connectivity index is 2.71. The third-order valence-electron chi connectivity index (χ3n) is 3.71. The van der Waals surface area contributed by atoms with Gasteiger partial charge in [0.25, 0.3) is 0 Å². The zero-order valence-electron chi connectivity index (χ0n) is 12.7. The molecule has 0 spiro atoms. The summed E-state index contributed by atoms with van der Waals surface area (Å²) in [5, 5.41) is 15.5. The summed E-state index contributed by atoms with van der Waals surface area (Å²) in [6, 6.07) is 0.0922. The van der Waals surface area contributed by atoms with Crippen LogP contribution in [0, 0.1) is 11.3 Å². The quantitative estimate of drug-likeness (QED) is 0.846. The van der Waals surface area contributed by atoms with Crippen molar-refractivity contribution in [3.8, 4) is 6.07 Å². The van der Waals surface area contributed by atoms with Gasteiger partial charge in [0.05, 0.1) is 6.20 Å². The van der Waals surface area contributed by atoms with Crippen molar-refractivity contribution in [2.24, 2.45) is 0 Å². The van der Waals surface area contributed by atoms with Crippen molar-refractivity contribution in [3.05, 3.63) is 22.5 Å². The molecule has 0 aliphatic heterocycles. The lowest BCUT2D eigenvalue weighted by Crippen LogP contribution is -2.34. The van der Waals surface area contributed by atoms with Gasteiger partial charge in [-0.3, -0.25) is 0 Å². The fourth-order valence-electron chi connectivity index (χ4n) is 2.12. The Hall–Kier alpha value is -2.01. The lowest BCUT2D eigenvalue weighted by Gasteiger charge is -2.23. The van der Waals surface area contributed by atoms with E-state index in [1.165, 1.54) is 10.7 Å². The van der Waals surface area contributed by atoms with Crippen molar-refractivity contribution in [3.63, 3.8) is 0 Å². The number of anilines is 1. The highest BCUT2D eigenvalue weighted by Crippen LogP contribution is 2.35. The largest absolute Gasteiger partial charge is 0.408 e. The molecule has 2 atom stereocenters. The van der Waals surface area contributed by atoms with Crippen LogP contribution in [-0.4, -0.2) is 26.8 Å². The van der Waals surface area contributed by atoms with Crippen LogP contribution >= 0.6 is 11.6 Å². The molecule has 9 heteroatoms. The molecule has 2 aromatic heterocycles. The van der Waals surface area contributed by atoms with E-state index in [1.54, 1.807) is 0 Å². The highest BCUT2D eigenvalue weighted by Gasteiger charge is 2.37. The van der Waals surface area contributed by atoms with E-state index in [2.05, 4.69) is 15.4 Å². The van der Waals surface area contributed by atoms with Gasteiger partial charge in [-0.1, -0.05) is 25.4 Å². The molecule has 5 nitrogen and oxygen atoms in total. The Bertz CT molecular complexity index is 762. The van der Waals surface area contributed by atoms with E-state index in [4.69, 9.17) is 16.9 Å². The molecule has 0 saturated heterocycles. The summed E-state index contributed by atoms with van der Waals surface area (Å²) in [5.74, 6) is -0.0160. The molecule has 2 heterocycles. The van der Waals surface area contributed by atoms with E-state index in [-0.39, 0.29) is 28.1 Å². The molecule has 124 valence electrons. The number of nitriles is 1. The standard InChI is InChI=1S/C14H15ClF3N5/c1-4-7(2)10-11(15)22-12-9(5-19)6-20-23(12)13(10)21-8(3)14(16,17)18/h6-8,21H,4H2,1-3H3. The monoisotopic (exact) mass is 345 g/mol. The van der Waals surface area contributed by atoms with Gasteiger partial charge in [-0.2, -0.15) is 28.0 Å². The molecular weight excluding hydrogens is 331 g/mol. The summed E-state index contributed by atoms with van der Waals surface area (Å²) in [7, 11) is 0. The number of nitrogens with one attached hydrogen (secondary N) is 1. The third kappa shape index (κ3) is 3.20. The highest BCUT2D eigenvalue weighted by atomic mass is 35.5. The highest BCUT2D eigenvalue weighted by molar-refractivity contribution is 6.30. The van der Waals surface area contributed by atoms with Crippen LogP contribution in [0.25, 0.3) is 5.65 Å². The van der Waals surface area contributed by atoms with Crippen LogP contribution in [0.3, 0.4) is 0 Å². The number of hydrogen-bond acceptors (Lipinski definition) is 4. The lowest BCUT2D eigenvalue weighted by molar-refractivity contribution is -0.138. The molecule has 0 aromatic carbocycles. The molecule has 0 aliphatic carbocycles. The van der Waals surface area contributed by atoms with Crippen LogP contribution in [0.15, 0.2) is 6.20 Å². The van der Waals surface area contributed by atoms with Gasteiger partial charge in [0, 0.05) is 5.56 Å². The molecule has 2 unspecified atom stereocenters. The first-order valence-electron chi connectivity index (χ1n) is 7.01. The molecule has 0 fully saturated rings. The number of rotatable bonds is 4. The molecule has 23 heavy (non-hydrogen) atoms. The maximum atomic E-state index is 12.9. The zero-order valence-corrected chi connectivity index (χ0v) is 13.5. The maximum absolute atomic E-state index is 12.9. The van der Waals surface area contributed by atoms with Gasteiger partial charge < -0.3 is 5.32 Å². The number of nitrogens with zero attached hydrogens (tertiary/aromatic N) is 4. The van der Waals surface area contributed by atoms with Crippen LogP contribution in [0.1, 0.15) is 44.2 Å². The van der Waals surface area contributed by atoms with Crippen molar-refractivity contribution in [1.29, 1.82) is 5.26 Å². The minimum Gasteiger partial charge on any atom is -0.358 e. The maximum Gasteiger partial charge on any atom is 0.408 e. The van der Waals surface area contributed by atoms with Crippen molar-refractivity contribution >= 4 is 23.1 Å².